The van der Waals surface area contributed by atoms with Crippen molar-refractivity contribution in [2.45, 2.75) is 68.2 Å². The van der Waals surface area contributed by atoms with E-state index in [-0.39, 0.29) is 74.0 Å². The van der Waals surface area contributed by atoms with Gasteiger partial charge in [-0.1, -0.05) is 0 Å². The summed E-state index contributed by atoms with van der Waals surface area (Å²) in [5.74, 6) is -3.09. The van der Waals surface area contributed by atoms with Gasteiger partial charge in [-0.3, -0.25) is 0 Å². The normalized spacial score (nSPS) is 10.8. The molecule has 3 rings (SSSR count). The fraction of sp³-hybridized carbons (Fsp3) is 0.469. The molecule has 0 radical (unpaired) electrons. The number of aromatic nitrogens is 3. The van der Waals surface area contributed by atoms with Gasteiger partial charge in [0.15, 0.2) is 0 Å². The van der Waals surface area contributed by atoms with Gasteiger partial charge in [0.25, 0.3) is 0 Å². The molecule has 0 saturated carbocycles. The van der Waals surface area contributed by atoms with Crippen molar-refractivity contribution in [3.05, 3.63) is 67.5 Å². The molecule has 0 aliphatic rings. The molecule has 0 aromatic carbocycles. The van der Waals surface area contributed by atoms with Crippen molar-refractivity contribution in [3.63, 3.8) is 0 Å². The first-order valence-electron chi connectivity index (χ1n) is 14.9. The molecule has 13 heteroatoms. The molecule has 0 aliphatic carbocycles. The number of hydrogen-bond donors (Lipinski definition) is 3. The summed E-state index contributed by atoms with van der Waals surface area (Å²) in [7, 11) is 0. The molecule has 0 atom stereocenters. The summed E-state index contributed by atoms with van der Waals surface area (Å²) < 4.78 is 26.2. The topological polar surface area (TPSA) is 179 Å². The molecule has 0 unspecified atom stereocenters. The lowest BCUT2D eigenvalue weighted by Gasteiger charge is -2.07. The van der Waals surface area contributed by atoms with Crippen LogP contribution in [0, 0.1) is 20.8 Å². The summed E-state index contributed by atoms with van der Waals surface area (Å²) in [5, 5.41) is 0. The first-order chi connectivity index (χ1) is 21.4. The van der Waals surface area contributed by atoms with Gasteiger partial charge in [-0.05, 0) is 72.1 Å². The Bertz CT molecular complexity index is 1590. The Morgan fingerprint density at radius 3 is 1.07 bits per heavy atom. The molecular weight excluding hydrogens is 586 g/mol. The zero-order valence-electron chi connectivity index (χ0n) is 27.0. The van der Waals surface area contributed by atoms with Gasteiger partial charge in [0.1, 0.15) is 11.4 Å². The second-order valence-corrected chi connectivity index (χ2v) is 10.00. The quantitative estimate of drug-likeness (QED) is 0.168. The predicted octanol–water partition coefficient (Wildman–Crippen LogP) is 4.66. The predicted molar refractivity (Wildman–Crippen MR) is 162 cm³/mol. The maximum Gasteiger partial charge on any atom is 0.355 e. The van der Waals surface area contributed by atoms with Crippen LogP contribution in [0.3, 0.4) is 0 Å². The summed E-state index contributed by atoms with van der Waals surface area (Å²) in [4.78, 5) is 73.9. The summed E-state index contributed by atoms with van der Waals surface area (Å²) in [5.41, 5.74) is 3.74. The Balaban J connectivity index is 2.19. The van der Waals surface area contributed by atoms with Gasteiger partial charge >= 0.3 is 29.8 Å². The van der Waals surface area contributed by atoms with Crippen LogP contribution in [0.1, 0.15) is 126 Å². The van der Waals surface area contributed by atoms with Crippen molar-refractivity contribution in [2.75, 3.05) is 33.0 Å². The van der Waals surface area contributed by atoms with E-state index in [1.54, 1.807) is 55.4 Å². The minimum atomic E-state index is -0.634. The molecular formula is C32H41N3O10. The van der Waals surface area contributed by atoms with E-state index in [2.05, 4.69) is 15.0 Å². The Labute approximate surface area is 261 Å². The Kier molecular flexibility index (Phi) is 11.8. The summed E-state index contributed by atoms with van der Waals surface area (Å²) in [6.07, 6.45) is 0.0706. The molecule has 0 aliphatic heterocycles. The highest BCUT2D eigenvalue weighted by Gasteiger charge is 2.31. The molecule has 0 saturated heterocycles. The molecule has 0 bridgehead atoms. The third kappa shape index (κ3) is 7.30. The van der Waals surface area contributed by atoms with Gasteiger partial charge in [0, 0.05) is 35.6 Å². The van der Waals surface area contributed by atoms with E-state index in [1.807, 2.05) is 0 Å². The standard InChI is InChI=1S/C32H41N3O10/c1-9-41-28(36)23-16(6)19(14-21-24(29(37)42-10-2)17(7)26(34-21)31(39)44-12-4)33-20(23)15-22-25(30(38)43-11-3)18(8)27(35-22)32(40)45-13-5/h33-35H,9-15H2,1-8H3. The molecule has 0 fully saturated rings. The van der Waals surface area contributed by atoms with E-state index in [0.29, 0.717) is 39.5 Å². The average Bonchev–Trinajstić information content (AvgIpc) is 3.59. The van der Waals surface area contributed by atoms with E-state index in [9.17, 15) is 24.0 Å². The lowest BCUT2D eigenvalue weighted by atomic mass is 10.0. The highest BCUT2D eigenvalue weighted by Crippen LogP contribution is 2.30. The number of nitrogens with one attached hydrogen (secondary N) is 3. The highest BCUT2D eigenvalue weighted by molar-refractivity contribution is 6.00. The number of hydrogen-bond acceptors (Lipinski definition) is 10. The Morgan fingerprint density at radius 1 is 0.422 bits per heavy atom. The molecule has 244 valence electrons. The number of esters is 5. The second-order valence-electron chi connectivity index (χ2n) is 10.00. The summed E-state index contributed by atoms with van der Waals surface area (Å²) in [6, 6.07) is 0. The SMILES string of the molecule is CCOC(=O)c1[nH]c(Cc2[nH]c(Cc3[nH]c(C(=O)OCC)c(C)c3C(=O)OCC)c(C(=O)OCC)c2C)c(C(=O)OCC)c1C. The van der Waals surface area contributed by atoms with Crippen molar-refractivity contribution in [1.29, 1.82) is 0 Å². The zero-order valence-corrected chi connectivity index (χ0v) is 27.0. The minimum absolute atomic E-state index is 0.00799. The third-order valence-electron chi connectivity index (χ3n) is 7.19. The van der Waals surface area contributed by atoms with Crippen molar-refractivity contribution >= 4 is 29.8 Å². The maximum atomic E-state index is 13.2. The lowest BCUT2D eigenvalue weighted by molar-refractivity contribution is 0.0505. The van der Waals surface area contributed by atoms with Crippen LogP contribution in [0.25, 0.3) is 0 Å². The number of H-pyrrole nitrogens is 3. The third-order valence-corrected chi connectivity index (χ3v) is 7.19. The van der Waals surface area contributed by atoms with E-state index >= 15 is 0 Å². The first kappa shape index (κ1) is 34.7. The number of ether oxygens (including phenoxy) is 5. The number of rotatable bonds is 14. The van der Waals surface area contributed by atoms with Crippen LogP contribution in [-0.4, -0.2) is 77.8 Å². The molecule has 0 spiro atoms. The van der Waals surface area contributed by atoms with Crippen molar-refractivity contribution in [3.8, 4) is 0 Å². The smallest absolute Gasteiger partial charge is 0.355 e. The molecule has 45 heavy (non-hydrogen) atoms. The molecule has 3 N–H and O–H groups in total. The Morgan fingerprint density at radius 2 is 0.711 bits per heavy atom. The van der Waals surface area contributed by atoms with Gasteiger partial charge < -0.3 is 38.6 Å². The zero-order chi connectivity index (χ0) is 33.4. The van der Waals surface area contributed by atoms with Crippen LogP contribution in [0.4, 0.5) is 0 Å². The minimum Gasteiger partial charge on any atom is -0.462 e. The summed E-state index contributed by atoms with van der Waals surface area (Å²) in [6.45, 7) is 14.0. The lowest BCUT2D eigenvalue weighted by Crippen LogP contribution is -2.11. The number of aromatic amines is 3. The molecule has 3 aromatic heterocycles. The molecule has 0 amide bonds. The van der Waals surface area contributed by atoms with E-state index in [0.717, 1.165) is 0 Å². The van der Waals surface area contributed by atoms with E-state index in [4.69, 9.17) is 23.7 Å². The number of carbonyl (C=O) groups is 5. The fourth-order valence-electron chi connectivity index (χ4n) is 5.21. The fourth-order valence-corrected chi connectivity index (χ4v) is 5.21. The van der Waals surface area contributed by atoms with Crippen LogP contribution < -0.4 is 0 Å². The van der Waals surface area contributed by atoms with E-state index in [1.165, 1.54) is 0 Å². The van der Waals surface area contributed by atoms with Crippen molar-refractivity contribution < 1.29 is 47.7 Å². The van der Waals surface area contributed by atoms with Gasteiger partial charge in [0.05, 0.1) is 49.7 Å². The van der Waals surface area contributed by atoms with Crippen LogP contribution in [-0.2, 0) is 36.5 Å². The number of carbonyl (C=O) groups excluding carboxylic acids is 5. The van der Waals surface area contributed by atoms with Crippen LogP contribution >= 0.6 is 0 Å². The van der Waals surface area contributed by atoms with Gasteiger partial charge in [-0.25, -0.2) is 24.0 Å². The molecule has 13 nitrogen and oxygen atoms in total. The first-order valence-corrected chi connectivity index (χ1v) is 14.9. The average molecular weight is 628 g/mol. The maximum absolute atomic E-state index is 13.2. The van der Waals surface area contributed by atoms with Crippen LogP contribution in [0.15, 0.2) is 0 Å². The second kappa shape index (κ2) is 15.3. The monoisotopic (exact) mass is 627 g/mol. The largest absolute Gasteiger partial charge is 0.462 e. The van der Waals surface area contributed by atoms with Crippen molar-refractivity contribution in [1.82, 2.24) is 15.0 Å². The Hall–Kier alpha value is -4.81. The highest BCUT2D eigenvalue weighted by atomic mass is 16.5. The molecule has 3 heterocycles. The molecule has 3 aromatic rings. The van der Waals surface area contributed by atoms with Gasteiger partial charge in [-0.2, -0.15) is 0 Å². The van der Waals surface area contributed by atoms with Gasteiger partial charge in [0.2, 0.25) is 0 Å². The van der Waals surface area contributed by atoms with Crippen LogP contribution in [0.5, 0.6) is 0 Å². The van der Waals surface area contributed by atoms with E-state index < -0.39 is 29.8 Å². The van der Waals surface area contributed by atoms with Gasteiger partial charge in [-0.15, -0.1) is 0 Å². The van der Waals surface area contributed by atoms with Crippen LogP contribution in [0.2, 0.25) is 0 Å². The summed E-state index contributed by atoms with van der Waals surface area (Å²) >= 11 is 0. The van der Waals surface area contributed by atoms with Crippen molar-refractivity contribution in [2.24, 2.45) is 0 Å².